The van der Waals surface area contributed by atoms with E-state index in [1.807, 2.05) is 12.1 Å². The van der Waals surface area contributed by atoms with Crippen LogP contribution in [0, 0.1) is 11.7 Å². The maximum absolute atomic E-state index is 13.3. The number of likely N-dealkylation sites (tertiary alicyclic amines) is 1. The molecule has 1 heterocycles. The Labute approximate surface area is 123 Å². The van der Waals surface area contributed by atoms with Crippen LogP contribution in [-0.4, -0.2) is 24.0 Å². The van der Waals surface area contributed by atoms with Gasteiger partial charge in [-0.25, -0.2) is 4.39 Å². The molecule has 1 saturated heterocycles. The zero-order valence-corrected chi connectivity index (χ0v) is 13.2. The lowest BCUT2D eigenvalue weighted by Gasteiger charge is -2.38. The Morgan fingerprint density at radius 1 is 1.42 bits per heavy atom. The Hall–Kier alpha value is -0.450. The maximum atomic E-state index is 13.3. The molecule has 3 unspecified atom stereocenters. The Kier molecular flexibility index (Phi) is 4.98. The number of benzene rings is 1. The lowest BCUT2D eigenvalue weighted by atomic mass is 9.90. The molecule has 3 atom stereocenters. The molecule has 0 radical (unpaired) electrons. The third-order valence-electron chi connectivity index (χ3n) is 4.21. The standard InChI is InChI=1S/C15H22BrFN2/c1-10(18)13-4-3-7-19(9-13)11(2)12-5-6-15(17)14(16)8-12/h5-6,8,10-11,13H,3-4,7,9,18H2,1-2H3. The van der Waals surface area contributed by atoms with Gasteiger partial charge in [0.15, 0.2) is 0 Å². The van der Waals surface area contributed by atoms with E-state index in [0.29, 0.717) is 16.4 Å². The smallest absolute Gasteiger partial charge is 0.137 e. The molecule has 0 aromatic heterocycles. The highest BCUT2D eigenvalue weighted by molar-refractivity contribution is 9.10. The number of halogens is 2. The number of hydrogen-bond acceptors (Lipinski definition) is 2. The zero-order chi connectivity index (χ0) is 14.0. The summed E-state index contributed by atoms with van der Waals surface area (Å²) in [5, 5.41) is 0. The normalized spacial score (nSPS) is 24.2. The van der Waals surface area contributed by atoms with Gasteiger partial charge in [0.05, 0.1) is 4.47 Å². The zero-order valence-electron chi connectivity index (χ0n) is 11.6. The molecule has 1 aromatic carbocycles. The van der Waals surface area contributed by atoms with E-state index in [9.17, 15) is 4.39 Å². The molecule has 1 fully saturated rings. The van der Waals surface area contributed by atoms with Crippen LogP contribution in [0.2, 0.25) is 0 Å². The summed E-state index contributed by atoms with van der Waals surface area (Å²) in [5.74, 6) is 0.364. The van der Waals surface area contributed by atoms with Gasteiger partial charge in [0.1, 0.15) is 5.82 Å². The third-order valence-corrected chi connectivity index (χ3v) is 4.81. The molecule has 0 spiro atoms. The van der Waals surface area contributed by atoms with E-state index in [4.69, 9.17) is 5.73 Å². The van der Waals surface area contributed by atoms with Crippen molar-refractivity contribution in [3.05, 3.63) is 34.1 Å². The van der Waals surface area contributed by atoms with Crippen LogP contribution in [0.1, 0.15) is 38.3 Å². The maximum Gasteiger partial charge on any atom is 0.137 e. The first-order valence-electron chi connectivity index (χ1n) is 6.93. The van der Waals surface area contributed by atoms with Crippen molar-refractivity contribution in [1.82, 2.24) is 4.90 Å². The van der Waals surface area contributed by atoms with Gasteiger partial charge in [-0.3, -0.25) is 4.90 Å². The molecule has 0 aliphatic carbocycles. The molecule has 0 saturated carbocycles. The van der Waals surface area contributed by atoms with Gasteiger partial charge in [-0.1, -0.05) is 6.07 Å². The van der Waals surface area contributed by atoms with Gasteiger partial charge >= 0.3 is 0 Å². The molecule has 106 valence electrons. The van der Waals surface area contributed by atoms with Crippen molar-refractivity contribution in [2.24, 2.45) is 11.7 Å². The lowest BCUT2D eigenvalue weighted by Crippen LogP contribution is -2.43. The van der Waals surface area contributed by atoms with E-state index in [-0.39, 0.29) is 11.9 Å². The van der Waals surface area contributed by atoms with Crippen LogP contribution >= 0.6 is 15.9 Å². The first-order chi connectivity index (χ1) is 8.99. The molecule has 2 N–H and O–H groups in total. The van der Waals surface area contributed by atoms with Crippen LogP contribution < -0.4 is 5.73 Å². The summed E-state index contributed by atoms with van der Waals surface area (Å²) in [6.07, 6.45) is 2.41. The third kappa shape index (κ3) is 3.56. The largest absolute Gasteiger partial charge is 0.328 e. The minimum Gasteiger partial charge on any atom is -0.328 e. The van der Waals surface area contributed by atoms with Crippen LogP contribution in [0.3, 0.4) is 0 Å². The first kappa shape index (κ1) is 14.9. The fraction of sp³-hybridized carbons (Fsp3) is 0.600. The number of rotatable bonds is 3. The number of nitrogens with zero attached hydrogens (tertiary/aromatic N) is 1. The summed E-state index contributed by atoms with van der Waals surface area (Å²) < 4.78 is 13.8. The monoisotopic (exact) mass is 328 g/mol. The molecule has 0 bridgehead atoms. The van der Waals surface area contributed by atoms with E-state index in [1.54, 1.807) is 0 Å². The first-order valence-corrected chi connectivity index (χ1v) is 7.73. The van der Waals surface area contributed by atoms with Gasteiger partial charge in [0, 0.05) is 18.6 Å². The topological polar surface area (TPSA) is 29.3 Å². The second-order valence-electron chi connectivity index (χ2n) is 5.61. The summed E-state index contributed by atoms with van der Waals surface area (Å²) >= 11 is 3.26. The molecule has 2 rings (SSSR count). The van der Waals surface area contributed by atoms with Gasteiger partial charge in [-0.15, -0.1) is 0 Å². The summed E-state index contributed by atoms with van der Waals surface area (Å²) in [7, 11) is 0. The van der Waals surface area contributed by atoms with Crippen LogP contribution in [0.25, 0.3) is 0 Å². The number of hydrogen-bond donors (Lipinski definition) is 1. The van der Waals surface area contributed by atoms with E-state index in [2.05, 4.69) is 34.7 Å². The quantitative estimate of drug-likeness (QED) is 0.916. The number of piperidine rings is 1. The molecule has 1 aliphatic heterocycles. The average molecular weight is 329 g/mol. The van der Waals surface area contributed by atoms with Crippen molar-refractivity contribution in [2.75, 3.05) is 13.1 Å². The molecule has 2 nitrogen and oxygen atoms in total. The fourth-order valence-corrected chi connectivity index (χ4v) is 3.20. The van der Waals surface area contributed by atoms with Crippen LogP contribution in [0.5, 0.6) is 0 Å². The second-order valence-corrected chi connectivity index (χ2v) is 6.46. The van der Waals surface area contributed by atoms with E-state index in [1.165, 1.54) is 18.9 Å². The van der Waals surface area contributed by atoms with Gasteiger partial charge in [0.25, 0.3) is 0 Å². The molecule has 1 aliphatic rings. The average Bonchev–Trinajstić information content (AvgIpc) is 2.41. The van der Waals surface area contributed by atoms with Crippen molar-refractivity contribution >= 4 is 15.9 Å². The predicted octanol–water partition coefficient (Wildman–Crippen LogP) is 3.71. The lowest BCUT2D eigenvalue weighted by molar-refractivity contribution is 0.121. The molecule has 0 amide bonds. The van der Waals surface area contributed by atoms with Crippen molar-refractivity contribution in [1.29, 1.82) is 0 Å². The van der Waals surface area contributed by atoms with Gasteiger partial charge in [-0.05, 0) is 72.8 Å². The van der Waals surface area contributed by atoms with Gasteiger partial charge < -0.3 is 5.73 Å². The molecular formula is C15H22BrFN2. The van der Waals surface area contributed by atoms with Crippen LogP contribution in [0.4, 0.5) is 4.39 Å². The Balaban J connectivity index is 2.10. The highest BCUT2D eigenvalue weighted by Crippen LogP contribution is 2.29. The SMILES string of the molecule is CC(N)C1CCCN(C(C)c2ccc(F)c(Br)c2)C1. The summed E-state index contributed by atoms with van der Waals surface area (Å²) in [5.41, 5.74) is 7.18. The summed E-state index contributed by atoms with van der Waals surface area (Å²) in [6, 6.07) is 5.84. The molecule has 4 heteroatoms. The Bertz CT molecular complexity index is 436. The second kappa shape index (κ2) is 6.33. The molecule has 19 heavy (non-hydrogen) atoms. The fourth-order valence-electron chi connectivity index (χ4n) is 2.80. The minimum absolute atomic E-state index is 0.206. The Morgan fingerprint density at radius 2 is 2.16 bits per heavy atom. The minimum atomic E-state index is -0.206. The van der Waals surface area contributed by atoms with Crippen molar-refractivity contribution < 1.29 is 4.39 Å². The van der Waals surface area contributed by atoms with Crippen molar-refractivity contribution in [2.45, 2.75) is 38.8 Å². The van der Waals surface area contributed by atoms with Crippen molar-refractivity contribution in [3.8, 4) is 0 Å². The molecular weight excluding hydrogens is 307 g/mol. The predicted molar refractivity (Wildman–Crippen MR) is 80.5 cm³/mol. The van der Waals surface area contributed by atoms with Crippen LogP contribution in [-0.2, 0) is 0 Å². The highest BCUT2D eigenvalue weighted by atomic mass is 79.9. The van der Waals surface area contributed by atoms with Crippen molar-refractivity contribution in [3.63, 3.8) is 0 Å². The van der Waals surface area contributed by atoms with E-state index in [0.717, 1.165) is 18.7 Å². The van der Waals surface area contributed by atoms with E-state index < -0.39 is 0 Å². The highest BCUT2D eigenvalue weighted by Gasteiger charge is 2.26. The summed E-state index contributed by atoms with van der Waals surface area (Å²) in [6.45, 7) is 6.41. The van der Waals surface area contributed by atoms with Gasteiger partial charge in [-0.2, -0.15) is 0 Å². The van der Waals surface area contributed by atoms with Crippen LogP contribution in [0.15, 0.2) is 22.7 Å². The summed E-state index contributed by atoms with van der Waals surface area (Å²) in [4.78, 5) is 2.46. The number of nitrogens with two attached hydrogens (primary N) is 1. The Morgan fingerprint density at radius 3 is 2.79 bits per heavy atom. The van der Waals surface area contributed by atoms with E-state index >= 15 is 0 Å². The van der Waals surface area contributed by atoms with Gasteiger partial charge in [0.2, 0.25) is 0 Å². The molecule has 1 aromatic rings.